The summed E-state index contributed by atoms with van der Waals surface area (Å²) < 4.78 is 0. The van der Waals surface area contributed by atoms with Crippen LogP contribution < -0.4 is 0 Å². The Hall–Kier alpha value is -0.300. The van der Waals surface area contributed by atoms with Crippen LogP contribution in [0.2, 0.25) is 0 Å². The van der Waals surface area contributed by atoms with Crippen LogP contribution in [-0.2, 0) is 0 Å². The Labute approximate surface area is 76.5 Å². The lowest BCUT2D eigenvalue weighted by Gasteiger charge is -2.33. The third-order valence-electron chi connectivity index (χ3n) is 2.68. The Kier molecular flexibility index (Phi) is 3.80. The van der Waals surface area contributed by atoms with Crippen molar-refractivity contribution in [3.63, 3.8) is 0 Å². The summed E-state index contributed by atoms with van der Waals surface area (Å²) in [7, 11) is 0. The first-order valence-electron chi connectivity index (χ1n) is 5.18. The third-order valence-corrected chi connectivity index (χ3v) is 2.68. The first-order chi connectivity index (χ1) is 5.75. The van der Waals surface area contributed by atoms with Crippen LogP contribution in [0.15, 0.2) is 12.2 Å². The normalized spacial score (nSPS) is 23.9. The average molecular weight is 167 g/mol. The van der Waals surface area contributed by atoms with Gasteiger partial charge in [0.15, 0.2) is 0 Å². The SMILES string of the molecule is CCN(C(C)C)C1C=CCCC1. The van der Waals surface area contributed by atoms with E-state index in [-0.39, 0.29) is 0 Å². The number of hydrogen-bond donors (Lipinski definition) is 0. The van der Waals surface area contributed by atoms with Gasteiger partial charge in [0.25, 0.3) is 0 Å². The first kappa shape index (κ1) is 9.79. The molecule has 0 aliphatic heterocycles. The van der Waals surface area contributed by atoms with Gasteiger partial charge in [0.1, 0.15) is 0 Å². The molecule has 0 aromatic rings. The Morgan fingerprint density at radius 3 is 2.67 bits per heavy atom. The van der Waals surface area contributed by atoms with Crippen molar-refractivity contribution in [3.8, 4) is 0 Å². The molecule has 1 aliphatic rings. The Bertz CT molecular complexity index is 149. The second kappa shape index (κ2) is 4.66. The third kappa shape index (κ3) is 2.34. The van der Waals surface area contributed by atoms with Crippen LogP contribution in [0.5, 0.6) is 0 Å². The highest BCUT2D eigenvalue weighted by atomic mass is 15.2. The molecule has 70 valence electrons. The van der Waals surface area contributed by atoms with Crippen molar-refractivity contribution in [3.05, 3.63) is 12.2 Å². The molecule has 1 unspecified atom stereocenters. The van der Waals surface area contributed by atoms with E-state index in [1.165, 1.54) is 25.8 Å². The molecule has 12 heavy (non-hydrogen) atoms. The van der Waals surface area contributed by atoms with E-state index in [2.05, 4.69) is 37.8 Å². The highest BCUT2D eigenvalue weighted by Gasteiger charge is 2.17. The number of nitrogens with zero attached hydrogens (tertiary/aromatic N) is 1. The lowest BCUT2D eigenvalue weighted by molar-refractivity contribution is 0.179. The fourth-order valence-corrected chi connectivity index (χ4v) is 2.05. The van der Waals surface area contributed by atoms with Gasteiger partial charge in [-0.15, -0.1) is 0 Å². The molecule has 0 heterocycles. The monoisotopic (exact) mass is 167 g/mol. The lowest BCUT2D eigenvalue weighted by atomic mass is 10.0. The molecule has 0 spiro atoms. The maximum absolute atomic E-state index is 2.57. The molecular formula is C11H21N. The summed E-state index contributed by atoms with van der Waals surface area (Å²) in [6, 6.07) is 1.39. The molecule has 1 heteroatoms. The van der Waals surface area contributed by atoms with Gasteiger partial charge in [-0.25, -0.2) is 0 Å². The predicted octanol–water partition coefficient (Wildman–Crippen LogP) is 2.83. The van der Waals surface area contributed by atoms with Crippen LogP contribution in [0.25, 0.3) is 0 Å². The zero-order chi connectivity index (χ0) is 8.97. The number of hydrogen-bond acceptors (Lipinski definition) is 1. The van der Waals surface area contributed by atoms with E-state index in [4.69, 9.17) is 0 Å². The Balaban J connectivity index is 2.52. The van der Waals surface area contributed by atoms with Crippen molar-refractivity contribution >= 4 is 0 Å². The van der Waals surface area contributed by atoms with Crippen LogP contribution in [0, 0.1) is 0 Å². The second-order valence-corrected chi connectivity index (χ2v) is 3.85. The van der Waals surface area contributed by atoms with Crippen LogP contribution in [0.3, 0.4) is 0 Å². The van der Waals surface area contributed by atoms with Crippen molar-refractivity contribution in [1.82, 2.24) is 4.90 Å². The Morgan fingerprint density at radius 2 is 2.25 bits per heavy atom. The fraction of sp³-hybridized carbons (Fsp3) is 0.818. The standard InChI is InChI=1S/C11H21N/c1-4-12(10(2)3)11-8-6-5-7-9-11/h6,8,10-11H,4-5,7,9H2,1-3H3. The molecule has 0 aromatic heterocycles. The maximum Gasteiger partial charge on any atom is 0.0280 e. The summed E-state index contributed by atoms with van der Waals surface area (Å²) in [5.74, 6) is 0. The van der Waals surface area contributed by atoms with Gasteiger partial charge in [0.2, 0.25) is 0 Å². The van der Waals surface area contributed by atoms with Crippen LogP contribution in [0.4, 0.5) is 0 Å². The van der Waals surface area contributed by atoms with Crippen molar-refractivity contribution < 1.29 is 0 Å². The number of allylic oxidation sites excluding steroid dienone is 1. The molecule has 0 radical (unpaired) electrons. The van der Waals surface area contributed by atoms with E-state index in [0.717, 1.165) is 0 Å². The van der Waals surface area contributed by atoms with E-state index in [0.29, 0.717) is 12.1 Å². The minimum absolute atomic E-state index is 0.683. The predicted molar refractivity (Wildman–Crippen MR) is 54.3 cm³/mol. The van der Waals surface area contributed by atoms with Crippen molar-refractivity contribution in [1.29, 1.82) is 0 Å². The summed E-state index contributed by atoms with van der Waals surface area (Å²) in [5, 5.41) is 0. The molecule has 0 amide bonds. The zero-order valence-electron chi connectivity index (χ0n) is 8.59. The van der Waals surface area contributed by atoms with Gasteiger partial charge in [0, 0.05) is 12.1 Å². The highest BCUT2D eigenvalue weighted by molar-refractivity contribution is 4.99. The molecule has 0 bridgehead atoms. The fourth-order valence-electron chi connectivity index (χ4n) is 2.05. The lowest BCUT2D eigenvalue weighted by Crippen LogP contribution is -2.39. The molecular weight excluding hydrogens is 146 g/mol. The smallest absolute Gasteiger partial charge is 0.0280 e. The van der Waals surface area contributed by atoms with E-state index >= 15 is 0 Å². The summed E-state index contributed by atoms with van der Waals surface area (Å²) >= 11 is 0. The molecule has 1 nitrogen and oxygen atoms in total. The van der Waals surface area contributed by atoms with Gasteiger partial charge in [0.05, 0.1) is 0 Å². The molecule has 0 saturated heterocycles. The van der Waals surface area contributed by atoms with E-state index < -0.39 is 0 Å². The minimum Gasteiger partial charge on any atom is -0.295 e. The van der Waals surface area contributed by atoms with Gasteiger partial charge in [-0.1, -0.05) is 19.1 Å². The first-order valence-corrected chi connectivity index (χ1v) is 5.18. The summed E-state index contributed by atoms with van der Waals surface area (Å²) in [5.41, 5.74) is 0. The van der Waals surface area contributed by atoms with Gasteiger partial charge in [-0.05, 0) is 39.7 Å². The quantitative estimate of drug-likeness (QED) is 0.584. The molecule has 0 N–H and O–H groups in total. The van der Waals surface area contributed by atoms with E-state index in [9.17, 15) is 0 Å². The van der Waals surface area contributed by atoms with Gasteiger partial charge in [-0.3, -0.25) is 4.90 Å². The highest BCUT2D eigenvalue weighted by Crippen LogP contribution is 2.17. The maximum atomic E-state index is 2.57. The van der Waals surface area contributed by atoms with E-state index in [1.54, 1.807) is 0 Å². The molecule has 1 aliphatic carbocycles. The van der Waals surface area contributed by atoms with Crippen LogP contribution in [0.1, 0.15) is 40.0 Å². The van der Waals surface area contributed by atoms with Gasteiger partial charge in [-0.2, -0.15) is 0 Å². The molecule has 1 rings (SSSR count). The summed E-state index contributed by atoms with van der Waals surface area (Å²) in [6.07, 6.45) is 8.71. The van der Waals surface area contributed by atoms with E-state index in [1.807, 2.05) is 0 Å². The number of likely N-dealkylation sites (N-methyl/N-ethyl adjacent to an activating group) is 1. The minimum atomic E-state index is 0.683. The van der Waals surface area contributed by atoms with Gasteiger partial charge >= 0.3 is 0 Å². The van der Waals surface area contributed by atoms with Crippen molar-refractivity contribution in [2.45, 2.75) is 52.1 Å². The molecule has 0 fully saturated rings. The van der Waals surface area contributed by atoms with Crippen LogP contribution >= 0.6 is 0 Å². The average Bonchev–Trinajstić information content (AvgIpc) is 2.07. The van der Waals surface area contributed by atoms with Crippen molar-refractivity contribution in [2.24, 2.45) is 0 Å². The van der Waals surface area contributed by atoms with Crippen molar-refractivity contribution in [2.75, 3.05) is 6.54 Å². The number of rotatable bonds is 3. The summed E-state index contributed by atoms with van der Waals surface area (Å²) in [6.45, 7) is 7.99. The Morgan fingerprint density at radius 1 is 1.50 bits per heavy atom. The topological polar surface area (TPSA) is 3.24 Å². The zero-order valence-corrected chi connectivity index (χ0v) is 8.59. The second-order valence-electron chi connectivity index (χ2n) is 3.85. The van der Waals surface area contributed by atoms with Gasteiger partial charge < -0.3 is 0 Å². The molecule has 0 saturated carbocycles. The molecule has 0 aromatic carbocycles. The molecule has 1 atom stereocenters. The summed E-state index contributed by atoms with van der Waals surface area (Å²) in [4.78, 5) is 2.57. The largest absolute Gasteiger partial charge is 0.295 e. The van der Waals surface area contributed by atoms with Crippen LogP contribution in [-0.4, -0.2) is 23.5 Å².